The van der Waals surface area contributed by atoms with Gasteiger partial charge in [-0.15, -0.1) is 0 Å². The number of carbonyl (C=O) groups is 1. The maximum absolute atomic E-state index is 11.8. The number of esters is 1. The quantitative estimate of drug-likeness (QED) is 0.0610. The van der Waals surface area contributed by atoms with Crippen LogP contribution >= 0.6 is 0 Å². The van der Waals surface area contributed by atoms with Gasteiger partial charge < -0.3 is 56.8 Å². The van der Waals surface area contributed by atoms with Crippen molar-refractivity contribution in [2.24, 2.45) is 0 Å². The van der Waals surface area contributed by atoms with E-state index in [1.165, 1.54) is 44.9 Å². The highest BCUT2D eigenvalue weighted by molar-refractivity contribution is 5.69. The van der Waals surface area contributed by atoms with Crippen molar-refractivity contribution in [2.75, 3.05) is 139 Å². The van der Waals surface area contributed by atoms with E-state index in [1.54, 1.807) is 0 Å². The third-order valence-corrected chi connectivity index (χ3v) is 7.62. The summed E-state index contributed by atoms with van der Waals surface area (Å²) >= 11 is 0. The molecule has 0 spiro atoms. The molecular weight excluding hydrogens is 652 g/mol. The maximum atomic E-state index is 11.8. The first kappa shape index (κ1) is 47.1. The molecule has 1 rings (SSSR count). The van der Waals surface area contributed by atoms with Gasteiger partial charge in [-0.05, 0) is 25.7 Å². The first-order valence-electron chi connectivity index (χ1n) is 19.4. The molecule has 0 aliphatic carbocycles. The van der Waals surface area contributed by atoms with Crippen molar-refractivity contribution >= 4 is 5.97 Å². The summed E-state index contributed by atoms with van der Waals surface area (Å²) < 4.78 is 65.7. The molecule has 1 fully saturated rings. The second kappa shape index (κ2) is 40.8. The van der Waals surface area contributed by atoms with Gasteiger partial charge in [-0.2, -0.15) is 0 Å². The molecule has 1 aliphatic rings. The van der Waals surface area contributed by atoms with Crippen LogP contribution in [0.1, 0.15) is 90.4 Å². The van der Waals surface area contributed by atoms with Gasteiger partial charge in [-0.25, -0.2) is 0 Å². The van der Waals surface area contributed by atoms with Gasteiger partial charge >= 0.3 is 5.97 Å². The molecule has 298 valence electrons. The Balaban J connectivity index is 1.62. The number of rotatable bonds is 41. The van der Waals surface area contributed by atoms with Crippen molar-refractivity contribution in [3.63, 3.8) is 0 Å². The average Bonchev–Trinajstić information content (AvgIpc) is 3.13. The van der Waals surface area contributed by atoms with E-state index in [-0.39, 0.29) is 18.9 Å². The first-order chi connectivity index (χ1) is 24.8. The van der Waals surface area contributed by atoms with Crippen molar-refractivity contribution in [1.29, 1.82) is 0 Å². The monoisotopic (exact) mass is 724 g/mol. The van der Waals surface area contributed by atoms with Crippen LogP contribution in [0, 0.1) is 0 Å². The molecule has 0 aromatic heterocycles. The summed E-state index contributed by atoms with van der Waals surface area (Å²) in [5.74, 6) is -0.135. The summed E-state index contributed by atoms with van der Waals surface area (Å²) in [6.07, 6.45) is 14.8. The number of hydrogen-bond donors (Lipinski definition) is 0. The van der Waals surface area contributed by atoms with Gasteiger partial charge in [0.05, 0.1) is 126 Å². The molecule has 1 saturated heterocycles. The van der Waals surface area contributed by atoms with E-state index in [0.29, 0.717) is 132 Å². The lowest BCUT2D eigenvalue weighted by molar-refractivity contribution is -0.169. The van der Waals surface area contributed by atoms with Crippen LogP contribution in [-0.2, 0) is 61.6 Å². The molecular formula is C37H72O13. The smallest absolute Gasteiger partial charge is 0.305 e. The molecule has 0 bridgehead atoms. The molecule has 0 N–H and O–H groups in total. The van der Waals surface area contributed by atoms with E-state index in [9.17, 15) is 4.79 Å². The Morgan fingerprint density at radius 1 is 0.460 bits per heavy atom. The zero-order valence-electron chi connectivity index (χ0n) is 31.4. The average molecular weight is 725 g/mol. The number of ether oxygens (including phenoxy) is 12. The molecule has 1 heterocycles. The topological polar surface area (TPSA) is 128 Å². The Hall–Kier alpha value is -0.970. The Labute approximate surface area is 302 Å². The third-order valence-electron chi connectivity index (χ3n) is 7.62. The van der Waals surface area contributed by atoms with Crippen LogP contribution < -0.4 is 0 Å². The minimum atomic E-state index is -0.135. The van der Waals surface area contributed by atoms with E-state index in [4.69, 9.17) is 56.8 Å². The van der Waals surface area contributed by atoms with Gasteiger partial charge in [-0.1, -0.05) is 58.3 Å². The highest BCUT2D eigenvalue weighted by atomic mass is 16.7. The Bertz CT molecular complexity index is 667. The summed E-state index contributed by atoms with van der Waals surface area (Å²) in [6.45, 7) is 12.9. The number of hydrogen-bond acceptors (Lipinski definition) is 13. The summed E-state index contributed by atoms with van der Waals surface area (Å²) in [5, 5.41) is 0. The van der Waals surface area contributed by atoms with E-state index < -0.39 is 0 Å². The second-order valence-electron chi connectivity index (χ2n) is 12.0. The van der Waals surface area contributed by atoms with E-state index in [2.05, 4.69) is 6.92 Å². The van der Waals surface area contributed by atoms with Gasteiger partial charge in [0.25, 0.3) is 0 Å². The second-order valence-corrected chi connectivity index (χ2v) is 12.0. The SMILES string of the molecule is CCCCCCCCCCCC(=O)OCCOCCOCCOCCOCCOCCOCCOCCOCCOCCOC1CCCCO1. The molecule has 13 nitrogen and oxygen atoms in total. The standard InChI is InChI=1S/C37H72O13/c1-2-3-4-5-6-7-8-9-10-13-36(38)48-34-32-46-30-28-44-26-24-42-22-20-40-18-16-39-17-19-41-21-23-43-25-27-45-29-31-47-33-35-50-37-14-11-12-15-49-37/h37H,2-35H2,1H3. The van der Waals surface area contributed by atoms with E-state index in [1.807, 2.05) is 0 Å². The Morgan fingerprint density at radius 2 is 0.820 bits per heavy atom. The summed E-state index contributed by atoms with van der Waals surface area (Å²) in [7, 11) is 0. The molecule has 13 heteroatoms. The summed E-state index contributed by atoms with van der Waals surface area (Å²) in [4.78, 5) is 11.8. The van der Waals surface area contributed by atoms with Crippen molar-refractivity contribution in [2.45, 2.75) is 96.7 Å². The van der Waals surface area contributed by atoms with Crippen LogP contribution in [0.4, 0.5) is 0 Å². The number of unbranched alkanes of at least 4 members (excludes halogenated alkanes) is 8. The summed E-state index contributed by atoms with van der Waals surface area (Å²) in [5.41, 5.74) is 0. The first-order valence-corrected chi connectivity index (χ1v) is 19.4. The van der Waals surface area contributed by atoms with E-state index >= 15 is 0 Å². The van der Waals surface area contributed by atoms with Crippen LogP contribution in [0.15, 0.2) is 0 Å². The van der Waals surface area contributed by atoms with Gasteiger partial charge in [-0.3, -0.25) is 4.79 Å². The van der Waals surface area contributed by atoms with Gasteiger partial charge in [0.15, 0.2) is 6.29 Å². The van der Waals surface area contributed by atoms with Crippen LogP contribution in [0.2, 0.25) is 0 Å². The van der Waals surface area contributed by atoms with Crippen LogP contribution in [0.5, 0.6) is 0 Å². The molecule has 0 amide bonds. The predicted molar refractivity (Wildman–Crippen MR) is 190 cm³/mol. The normalized spacial score (nSPS) is 14.8. The zero-order chi connectivity index (χ0) is 35.7. The van der Waals surface area contributed by atoms with Crippen molar-refractivity contribution in [1.82, 2.24) is 0 Å². The predicted octanol–water partition coefficient (Wildman–Crippen LogP) is 5.14. The molecule has 0 aromatic carbocycles. The molecule has 1 atom stereocenters. The minimum absolute atomic E-state index is 0.0675. The van der Waals surface area contributed by atoms with Gasteiger partial charge in [0, 0.05) is 13.0 Å². The molecule has 0 saturated carbocycles. The molecule has 1 aliphatic heterocycles. The third kappa shape index (κ3) is 36.8. The lowest BCUT2D eigenvalue weighted by Gasteiger charge is -2.22. The van der Waals surface area contributed by atoms with Crippen molar-refractivity contribution in [3.8, 4) is 0 Å². The van der Waals surface area contributed by atoms with Gasteiger partial charge in [0.1, 0.15) is 6.61 Å². The lowest BCUT2D eigenvalue weighted by Crippen LogP contribution is -2.24. The molecule has 0 radical (unpaired) electrons. The maximum Gasteiger partial charge on any atom is 0.305 e. The Kier molecular flexibility index (Phi) is 38.4. The van der Waals surface area contributed by atoms with Crippen LogP contribution in [0.25, 0.3) is 0 Å². The van der Waals surface area contributed by atoms with E-state index in [0.717, 1.165) is 38.7 Å². The number of carbonyl (C=O) groups excluding carboxylic acids is 1. The molecule has 50 heavy (non-hydrogen) atoms. The molecule has 1 unspecified atom stereocenters. The fourth-order valence-electron chi connectivity index (χ4n) is 4.81. The minimum Gasteiger partial charge on any atom is -0.463 e. The van der Waals surface area contributed by atoms with Crippen LogP contribution in [0.3, 0.4) is 0 Å². The fraction of sp³-hybridized carbons (Fsp3) is 0.973. The van der Waals surface area contributed by atoms with Crippen molar-refractivity contribution in [3.05, 3.63) is 0 Å². The highest BCUT2D eigenvalue weighted by Crippen LogP contribution is 2.13. The summed E-state index contributed by atoms with van der Waals surface area (Å²) in [6, 6.07) is 0. The lowest BCUT2D eigenvalue weighted by atomic mass is 10.1. The largest absolute Gasteiger partial charge is 0.463 e. The van der Waals surface area contributed by atoms with Gasteiger partial charge in [0.2, 0.25) is 0 Å². The fourth-order valence-corrected chi connectivity index (χ4v) is 4.81. The zero-order valence-corrected chi connectivity index (χ0v) is 31.4. The highest BCUT2D eigenvalue weighted by Gasteiger charge is 2.13. The van der Waals surface area contributed by atoms with Crippen molar-refractivity contribution < 1.29 is 61.6 Å². The molecule has 0 aromatic rings. The Morgan fingerprint density at radius 3 is 1.20 bits per heavy atom. The van der Waals surface area contributed by atoms with Crippen LogP contribution in [-0.4, -0.2) is 151 Å².